The second kappa shape index (κ2) is 6.87. The lowest BCUT2D eigenvalue weighted by Gasteiger charge is -2.18. The lowest BCUT2D eigenvalue weighted by Crippen LogP contribution is -2.23. The maximum atomic E-state index is 6.09. The number of halogens is 2. The van der Waals surface area contributed by atoms with Crippen LogP contribution in [-0.4, -0.2) is 12.6 Å². The van der Waals surface area contributed by atoms with E-state index in [1.54, 1.807) is 0 Å². The third kappa shape index (κ3) is 3.81. The predicted octanol–water partition coefficient (Wildman–Crippen LogP) is 5.18. The number of hydrogen-bond donors (Lipinski definition) is 1. The van der Waals surface area contributed by atoms with Gasteiger partial charge in [0.1, 0.15) is 11.9 Å². The minimum atomic E-state index is -0.00622. The summed E-state index contributed by atoms with van der Waals surface area (Å²) in [7, 11) is 0. The van der Waals surface area contributed by atoms with Gasteiger partial charge in [0.05, 0.1) is 11.6 Å². The van der Waals surface area contributed by atoms with Crippen LogP contribution in [0.5, 0.6) is 5.75 Å². The van der Waals surface area contributed by atoms with Gasteiger partial charge in [-0.3, -0.25) is 0 Å². The van der Waals surface area contributed by atoms with Crippen molar-refractivity contribution in [2.75, 3.05) is 11.9 Å². The molecule has 0 aliphatic heterocycles. The van der Waals surface area contributed by atoms with Crippen molar-refractivity contribution in [2.24, 2.45) is 0 Å². The van der Waals surface area contributed by atoms with Gasteiger partial charge in [0.15, 0.2) is 0 Å². The highest BCUT2D eigenvalue weighted by atomic mass is 35.5. The Kier molecular flexibility index (Phi) is 5.16. The molecule has 0 spiro atoms. The maximum absolute atomic E-state index is 6.09. The summed E-state index contributed by atoms with van der Waals surface area (Å²) in [6.45, 7) is 4.66. The van der Waals surface area contributed by atoms with E-state index in [2.05, 4.69) is 5.32 Å². The van der Waals surface area contributed by atoms with E-state index in [9.17, 15) is 0 Å². The molecular weight excluding hydrogens is 293 g/mol. The van der Waals surface area contributed by atoms with Crippen molar-refractivity contribution in [3.05, 3.63) is 58.1 Å². The van der Waals surface area contributed by atoms with Crippen LogP contribution in [0.15, 0.2) is 42.5 Å². The van der Waals surface area contributed by atoms with Crippen LogP contribution in [0.25, 0.3) is 0 Å². The van der Waals surface area contributed by atoms with Crippen LogP contribution >= 0.6 is 23.2 Å². The average molecular weight is 310 g/mol. The Hall–Kier alpha value is -1.38. The van der Waals surface area contributed by atoms with E-state index < -0.39 is 0 Å². The minimum Gasteiger partial charge on any atom is -0.487 e. The van der Waals surface area contributed by atoms with E-state index in [-0.39, 0.29) is 6.10 Å². The fourth-order valence-electron chi connectivity index (χ4n) is 1.85. The topological polar surface area (TPSA) is 21.3 Å². The summed E-state index contributed by atoms with van der Waals surface area (Å²) in [5.41, 5.74) is 2.06. The van der Waals surface area contributed by atoms with E-state index in [1.165, 1.54) is 0 Å². The van der Waals surface area contributed by atoms with Crippen molar-refractivity contribution < 1.29 is 4.74 Å². The molecule has 4 heteroatoms. The summed E-state index contributed by atoms with van der Waals surface area (Å²) in [4.78, 5) is 0. The zero-order valence-corrected chi connectivity index (χ0v) is 13.0. The highest BCUT2D eigenvalue weighted by Gasteiger charge is 2.08. The number of hydrogen-bond acceptors (Lipinski definition) is 2. The van der Waals surface area contributed by atoms with Crippen LogP contribution in [0.1, 0.15) is 12.5 Å². The van der Waals surface area contributed by atoms with E-state index in [0.717, 1.165) is 16.3 Å². The van der Waals surface area contributed by atoms with Crippen LogP contribution in [0.2, 0.25) is 10.0 Å². The first-order chi connectivity index (χ1) is 9.58. The second-order valence-corrected chi connectivity index (χ2v) is 5.47. The fraction of sp³-hybridized carbons (Fsp3) is 0.250. The molecule has 2 rings (SSSR count). The zero-order valence-electron chi connectivity index (χ0n) is 11.5. The first kappa shape index (κ1) is 15.0. The Morgan fingerprint density at radius 3 is 2.50 bits per heavy atom. The molecule has 0 aliphatic rings. The van der Waals surface area contributed by atoms with Crippen molar-refractivity contribution in [3.63, 3.8) is 0 Å². The molecule has 2 aromatic rings. The highest BCUT2D eigenvalue weighted by Crippen LogP contribution is 2.25. The summed E-state index contributed by atoms with van der Waals surface area (Å²) >= 11 is 12.2. The number of rotatable bonds is 5. The number of nitrogens with one attached hydrogen (secondary N) is 1. The van der Waals surface area contributed by atoms with Crippen molar-refractivity contribution in [3.8, 4) is 5.75 Å². The van der Waals surface area contributed by atoms with Gasteiger partial charge in [-0.1, -0.05) is 41.4 Å². The first-order valence-corrected chi connectivity index (χ1v) is 7.23. The predicted molar refractivity (Wildman–Crippen MR) is 86.2 cm³/mol. The Labute approximate surface area is 129 Å². The standard InChI is InChI=1S/C16H17Cl2NO/c1-11(20-16-9-4-3-6-14(16)18)10-19-15-8-5-7-13(17)12(15)2/h3-9,11,19H,10H2,1-2H3. The maximum Gasteiger partial charge on any atom is 0.138 e. The molecule has 0 amide bonds. The molecular formula is C16H17Cl2NO. The Morgan fingerprint density at radius 2 is 1.75 bits per heavy atom. The molecule has 0 saturated carbocycles. The minimum absolute atomic E-state index is 0.00622. The van der Waals surface area contributed by atoms with Gasteiger partial charge in [-0.15, -0.1) is 0 Å². The van der Waals surface area contributed by atoms with Gasteiger partial charge in [-0.2, -0.15) is 0 Å². The van der Waals surface area contributed by atoms with Crippen LogP contribution in [0.3, 0.4) is 0 Å². The number of benzene rings is 2. The summed E-state index contributed by atoms with van der Waals surface area (Å²) in [5, 5.41) is 4.72. The molecule has 2 nitrogen and oxygen atoms in total. The van der Waals surface area contributed by atoms with E-state index in [1.807, 2.05) is 56.3 Å². The van der Waals surface area contributed by atoms with Crippen molar-refractivity contribution >= 4 is 28.9 Å². The Morgan fingerprint density at radius 1 is 1.05 bits per heavy atom. The molecule has 0 heterocycles. The lowest BCUT2D eigenvalue weighted by molar-refractivity contribution is 0.235. The average Bonchev–Trinajstić information content (AvgIpc) is 2.43. The smallest absolute Gasteiger partial charge is 0.138 e. The number of ether oxygens (including phenoxy) is 1. The third-order valence-electron chi connectivity index (χ3n) is 3.01. The molecule has 0 saturated heterocycles. The SMILES string of the molecule is Cc1c(Cl)cccc1NCC(C)Oc1ccccc1Cl. The van der Waals surface area contributed by atoms with Gasteiger partial charge in [0.25, 0.3) is 0 Å². The molecule has 106 valence electrons. The van der Waals surface area contributed by atoms with Crippen molar-refractivity contribution in [2.45, 2.75) is 20.0 Å². The molecule has 0 bridgehead atoms. The van der Waals surface area contributed by atoms with Gasteiger partial charge in [0.2, 0.25) is 0 Å². The van der Waals surface area contributed by atoms with Gasteiger partial charge in [-0.05, 0) is 43.7 Å². The van der Waals surface area contributed by atoms with Crippen LogP contribution in [0.4, 0.5) is 5.69 Å². The first-order valence-electron chi connectivity index (χ1n) is 6.48. The summed E-state index contributed by atoms with van der Waals surface area (Å²) in [5.74, 6) is 0.700. The Balaban J connectivity index is 1.94. The molecule has 0 fully saturated rings. The molecule has 1 unspecified atom stereocenters. The van der Waals surface area contributed by atoms with Gasteiger partial charge in [0, 0.05) is 10.7 Å². The summed E-state index contributed by atoms with van der Waals surface area (Å²) in [6.07, 6.45) is -0.00622. The second-order valence-electron chi connectivity index (χ2n) is 4.65. The van der Waals surface area contributed by atoms with Gasteiger partial charge >= 0.3 is 0 Å². The summed E-state index contributed by atoms with van der Waals surface area (Å²) < 4.78 is 5.81. The molecule has 0 aliphatic carbocycles. The molecule has 0 aromatic heterocycles. The molecule has 0 radical (unpaired) electrons. The normalized spacial score (nSPS) is 12.0. The van der Waals surface area contributed by atoms with Crippen LogP contribution in [-0.2, 0) is 0 Å². The quantitative estimate of drug-likeness (QED) is 0.821. The lowest BCUT2D eigenvalue weighted by atomic mass is 10.2. The zero-order chi connectivity index (χ0) is 14.5. The monoisotopic (exact) mass is 309 g/mol. The third-order valence-corrected chi connectivity index (χ3v) is 3.73. The van der Waals surface area contributed by atoms with Gasteiger partial charge in [-0.25, -0.2) is 0 Å². The fourth-order valence-corrected chi connectivity index (χ4v) is 2.21. The molecule has 1 atom stereocenters. The number of para-hydroxylation sites is 1. The van der Waals surface area contributed by atoms with Crippen LogP contribution < -0.4 is 10.1 Å². The van der Waals surface area contributed by atoms with Crippen molar-refractivity contribution in [1.82, 2.24) is 0 Å². The molecule has 1 N–H and O–H groups in total. The van der Waals surface area contributed by atoms with E-state index in [4.69, 9.17) is 27.9 Å². The molecule has 2 aromatic carbocycles. The Bertz CT molecular complexity index is 586. The largest absolute Gasteiger partial charge is 0.487 e. The van der Waals surface area contributed by atoms with E-state index >= 15 is 0 Å². The van der Waals surface area contributed by atoms with Crippen molar-refractivity contribution in [1.29, 1.82) is 0 Å². The summed E-state index contributed by atoms with van der Waals surface area (Å²) in [6, 6.07) is 13.3. The number of anilines is 1. The van der Waals surface area contributed by atoms with Crippen LogP contribution in [0, 0.1) is 6.92 Å². The van der Waals surface area contributed by atoms with E-state index in [0.29, 0.717) is 17.3 Å². The molecule has 20 heavy (non-hydrogen) atoms. The van der Waals surface area contributed by atoms with Gasteiger partial charge < -0.3 is 10.1 Å². The highest BCUT2D eigenvalue weighted by molar-refractivity contribution is 6.32.